The van der Waals surface area contributed by atoms with Gasteiger partial charge in [-0.15, -0.1) is 11.8 Å². The number of carbonyl (C=O) groups excluding carboxylic acids is 1. The molecule has 0 saturated heterocycles. The highest BCUT2D eigenvalue weighted by Crippen LogP contribution is 2.39. The largest absolute Gasteiger partial charge is 0.329 e. The van der Waals surface area contributed by atoms with Crippen LogP contribution in [0.25, 0.3) is 11.0 Å². The summed E-state index contributed by atoms with van der Waals surface area (Å²) in [4.78, 5) is 19.5. The van der Waals surface area contributed by atoms with Gasteiger partial charge in [0.1, 0.15) is 0 Å². The van der Waals surface area contributed by atoms with Crippen LogP contribution in [0.1, 0.15) is 18.5 Å². The van der Waals surface area contributed by atoms with Crippen LogP contribution >= 0.6 is 23.4 Å². The van der Waals surface area contributed by atoms with E-state index in [0.29, 0.717) is 16.3 Å². The number of aromatic nitrogens is 2. The van der Waals surface area contributed by atoms with E-state index in [4.69, 9.17) is 16.6 Å². The number of para-hydroxylation sites is 2. The van der Waals surface area contributed by atoms with Crippen LogP contribution in [-0.4, -0.2) is 21.7 Å². The molecule has 1 aliphatic rings. The van der Waals surface area contributed by atoms with E-state index in [1.807, 2.05) is 43.3 Å². The quantitative estimate of drug-likeness (QED) is 0.349. The van der Waals surface area contributed by atoms with E-state index in [9.17, 15) is 4.79 Å². The summed E-state index contributed by atoms with van der Waals surface area (Å²) in [7, 11) is 0. The second kappa shape index (κ2) is 8.37. The van der Waals surface area contributed by atoms with E-state index in [1.165, 1.54) is 4.90 Å². The van der Waals surface area contributed by atoms with Crippen LogP contribution in [0.2, 0.25) is 5.02 Å². The summed E-state index contributed by atoms with van der Waals surface area (Å²) in [6.45, 7) is 1.92. The summed E-state index contributed by atoms with van der Waals surface area (Å²) >= 11 is 7.81. The lowest BCUT2D eigenvalue weighted by Crippen LogP contribution is -2.30. The molecule has 0 spiro atoms. The number of carbonyl (C=O) groups is 1. The number of hydrogen-bond acceptors (Lipinski definition) is 4. The summed E-state index contributed by atoms with van der Waals surface area (Å²) < 4.78 is 2.10. The van der Waals surface area contributed by atoms with Gasteiger partial charge in [-0.2, -0.15) is 0 Å². The number of thioether (sulfide) groups is 1. The molecule has 2 heterocycles. The molecule has 160 valence electrons. The summed E-state index contributed by atoms with van der Waals surface area (Å²) in [6.07, 6.45) is 2.05. The summed E-state index contributed by atoms with van der Waals surface area (Å²) in [5, 5.41) is 6.93. The van der Waals surface area contributed by atoms with Crippen LogP contribution in [0, 0.1) is 0 Å². The molecule has 1 aliphatic heterocycles. The smallest absolute Gasteiger partial charge is 0.255 e. The fourth-order valence-electron chi connectivity index (χ4n) is 4.12. The van der Waals surface area contributed by atoms with Crippen molar-refractivity contribution in [2.45, 2.75) is 17.9 Å². The molecule has 1 atom stereocenters. The van der Waals surface area contributed by atoms with Crippen molar-refractivity contribution in [3.05, 3.63) is 94.7 Å². The molecule has 0 saturated carbocycles. The monoisotopic (exact) mass is 460 g/mol. The molecule has 32 heavy (non-hydrogen) atoms. The maximum Gasteiger partial charge on any atom is 0.255 e. The average molecular weight is 461 g/mol. The maximum atomic E-state index is 13.6. The average Bonchev–Trinajstić information content (AvgIpc) is 3.16. The zero-order valence-electron chi connectivity index (χ0n) is 17.6. The van der Waals surface area contributed by atoms with Crippen molar-refractivity contribution in [3.63, 3.8) is 0 Å². The van der Waals surface area contributed by atoms with Crippen molar-refractivity contribution in [2.75, 3.05) is 16.9 Å². The van der Waals surface area contributed by atoms with E-state index in [-0.39, 0.29) is 11.9 Å². The minimum Gasteiger partial charge on any atom is -0.329 e. The Kier molecular flexibility index (Phi) is 5.41. The molecule has 3 aromatic carbocycles. The van der Waals surface area contributed by atoms with Crippen LogP contribution in [0.4, 0.5) is 11.6 Å². The third-order valence-electron chi connectivity index (χ3n) is 5.59. The molecule has 1 aromatic heterocycles. The van der Waals surface area contributed by atoms with E-state index in [1.54, 1.807) is 23.9 Å². The van der Waals surface area contributed by atoms with Gasteiger partial charge in [0.25, 0.3) is 5.91 Å². The Balaban J connectivity index is 1.65. The highest BCUT2D eigenvalue weighted by molar-refractivity contribution is 7.98. The Morgan fingerprint density at radius 1 is 1.09 bits per heavy atom. The molecule has 2 N–H and O–H groups in total. The number of allylic oxidation sites excluding steroid dienone is 1. The van der Waals surface area contributed by atoms with Gasteiger partial charge in [-0.1, -0.05) is 41.9 Å². The van der Waals surface area contributed by atoms with E-state index in [2.05, 4.69) is 45.7 Å². The van der Waals surface area contributed by atoms with Gasteiger partial charge in [0.15, 0.2) is 0 Å². The fourth-order valence-corrected chi connectivity index (χ4v) is 4.72. The Morgan fingerprint density at radius 3 is 2.62 bits per heavy atom. The van der Waals surface area contributed by atoms with E-state index < -0.39 is 0 Å². The Bertz CT molecular complexity index is 1360. The summed E-state index contributed by atoms with van der Waals surface area (Å²) in [6, 6.07) is 23.2. The Labute approximate surface area is 195 Å². The van der Waals surface area contributed by atoms with Gasteiger partial charge in [-0.05, 0) is 61.2 Å². The Morgan fingerprint density at radius 2 is 1.88 bits per heavy atom. The fraction of sp³-hybridized carbons (Fsp3) is 0.120. The first-order chi connectivity index (χ1) is 15.5. The summed E-state index contributed by atoms with van der Waals surface area (Å²) in [5.74, 6) is 0.543. The second-order valence-electron chi connectivity index (χ2n) is 7.60. The molecular formula is C25H21ClN4OS. The number of fused-ring (bicyclic) bond motifs is 3. The minimum absolute atomic E-state index is 0.181. The number of anilines is 2. The maximum absolute atomic E-state index is 13.6. The van der Waals surface area contributed by atoms with Crippen molar-refractivity contribution >= 4 is 51.9 Å². The molecule has 4 aromatic rings. The molecule has 7 heteroatoms. The number of benzene rings is 3. The van der Waals surface area contributed by atoms with Crippen LogP contribution < -0.4 is 10.6 Å². The van der Waals surface area contributed by atoms with Crippen LogP contribution in [0.3, 0.4) is 0 Å². The van der Waals surface area contributed by atoms with Gasteiger partial charge in [0, 0.05) is 21.3 Å². The highest BCUT2D eigenvalue weighted by Gasteiger charge is 2.34. The van der Waals surface area contributed by atoms with Crippen LogP contribution in [0.5, 0.6) is 0 Å². The molecule has 0 bridgehead atoms. The minimum atomic E-state index is -0.325. The molecule has 0 radical (unpaired) electrons. The second-order valence-corrected chi connectivity index (χ2v) is 8.91. The van der Waals surface area contributed by atoms with Crippen molar-refractivity contribution in [1.29, 1.82) is 0 Å². The SMILES string of the molecule is CSc1ccc([C@@H]2C(C(=O)Nc3cccc(Cl)c3)=C(C)Nc3nc4ccccc4n32)cc1. The van der Waals surface area contributed by atoms with Gasteiger partial charge >= 0.3 is 0 Å². The zero-order chi connectivity index (χ0) is 22.2. The van der Waals surface area contributed by atoms with Crippen molar-refractivity contribution in [1.82, 2.24) is 9.55 Å². The Hall–Kier alpha value is -3.22. The number of halogens is 1. The van der Waals surface area contributed by atoms with Crippen LogP contribution in [0.15, 0.2) is 89.0 Å². The number of nitrogens with zero attached hydrogens (tertiary/aromatic N) is 2. The lowest BCUT2D eigenvalue weighted by Gasteiger charge is -2.30. The molecular weight excluding hydrogens is 440 g/mol. The number of hydrogen-bond donors (Lipinski definition) is 2. The van der Waals surface area contributed by atoms with E-state index in [0.717, 1.165) is 28.2 Å². The third-order valence-corrected chi connectivity index (χ3v) is 6.57. The third kappa shape index (κ3) is 3.66. The first kappa shape index (κ1) is 20.7. The predicted molar refractivity (Wildman–Crippen MR) is 132 cm³/mol. The topological polar surface area (TPSA) is 59.0 Å². The molecule has 5 nitrogen and oxygen atoms in total. The number of amides is 1. The first-order valence-corrected chi connectivity index (χ1v) is 11.8. The molecule has 0 aliphatic carbocycles. The van der Waals surface area contributed by atoms with Gasteiger partial charge in [0.05, 0.1) is 22.6 Å². The lowest BCUT2D eigenvalue weighted by molar-refractivity contribution is -0.113. The predicted octanol–water partition coefficient (Wildman–Crippen LogP) is 6.34. The molecule has 1 amide bonds. The van der Waals surface area contributed by atoms with Gasteiger partial charge in [0.2, 0.25) is 5.95 Å². The molecule has 0 fully saturated rings. The molecule has 0 unspecified atom stereocenters. The standard InChI is InChI=1S/C25H21ClN4OS/c1-15-22(24(31)28-18-7-5-6-17(26)14-18)23(16-10-12-19(32-2)13-11-16)30-21-9-4-3-8-20(21)29-25(30)27-15/h3-14,23H,1-2H3,(H,27,29)(H,28,31)/t23-/m1/s1. The van der Waals surface area contributed by atoms with Crippen LogP contribution in [-0.2, 0) is 4.79 Å². The van der Waals surface area contributed by atoms with Gasteiger partial charge < -0.3 is 10.6 Å². The number of imidazole rings is 1. The van der Waals surface area contributed by atoms with Gasteiger partial charge in [-0.3, -0.25) is 9.36 Å². The number of rotatable bonds is 4. The number of nitrogens with one attached hydrogen (secondary N) is 2. The van der Waals surface area contributed by atoms with Gasteiger partial charge in [-0.25, -0.2) is 4.98 Å². The van der Waals surface area contributed by atoms with Crippen molar-refractivity contribution in [2.24, 2.45) is 0 Å². The normalized spacial score (nSPS) is 15.4. The zero-order valence-corrected chi connectivity index (χ0v) is 19.2. The highest BCUT2D eigenvalue weighted by atomic mass is 35.5. The first-order valence-electron chi connectivity index (χ1n) is 10.2. The van der Waals surface area contributed by atoms with Crippen molar-refractivity contribution in [3.8, 4) is 0 Å². The van der Waals surface area contributed by atoms with E-state index >= 15 is 0 Å². The van der Waals surface area contributed by atoms with Crippen molar-refractivity contribution < 1.29 is 4.79 Å². The lowest BCUT2D eigenvalue weighted by atomic mass is 9.94. The summed E-state index contributed by atoms with van der Waals surface area (Å²) in [5.41, 5.74) is 4.92. The molecule has 5 rings (SSSR count).